The molecule has 160 valence electrons. The SMILES string of the molecule is COc1ccc(C)cc1OC1CC(C(=O)NC2CCN(C(=O)OC(C)(C)C)C2)C1. The van der Waals surface area contributed by atoms with Gasteiger partial charge in [0, 0.05) is 25.0 Å². The first-order valence-corrected chi connectivity index (χ1v) is 10.2. The maximum absolute atomic E-state index is 12.5. The third-order valence-electron chi connectivity index (χ3n) is 5.26. The van der Waals surface area contributed by atoms with E-state index in [0.717, 1.165) is 17.7 Å². The molecule has 1 aliphatic heterocycles. The van der Waals surface area contributed by atoms with Crippen LogP contribution in [0.25, 0.3) is 0 Å². The highest BCUT2D eigenvalue weighted by Crippen LogP contribution is 2.36. The molecule has 1 aromatic carbocycles. The van der Waals surface area contributed by atoms with Crippen LogP contribution in [0.1, 0.15) is 45.6 Å². The van der Waals surface area contributed by atoms with Crippen molar-refractivity contribution in [3.05, 3.63) is 23.8 Å². The average Bonchev–Trinajstić information content (AvgIpc) is 3.05. The number of hydrogen-bond donors (Lipinski definition) is 1. The smallest absolute Gasteiger partial charge is 0.410 e. The van der Waals surface area contributed by atoms with Gasteiger partial charge in [-0.05, 0) is 64.7 Å². The van der Waals surface area contributed by atoms with Gasteiger partial charge in [-0.2, -0.15) is 0 Å². The summed E-state index contributed by atoms with van der Waals surface area (Å²) in [6.07, 6.45) is 1.82. The molecule has 1 saturated heterocycles. The van der Waals surface area contributed by atoms with E-state index >= 15 is 0 Å². The van der Waals surface area contributed by atoms with Crippen molar-refractivity contribution in [3.63, 3.8) is 0 Å². The van der Waals surface area contributed by atoms with Crippen molar-refractivity contribution in [1.82, 2.24) is 10.2 Å². The lowest BCUT2D eigenvalue weighted by Gasteiger charge is -2.35. The van der Waals surface area contributed by atoms with E-state index in [-0.39, 0.29) is 30.1 Å². The third-order valence-corrected chi connectivity index (χ3v) is 5.26. The molecule has 2 aliphatic rings. The molecular formula is C22H32N2O5. The number of carbonyl (C=O) groups excluding carboxylic acids is 2. The fourth-order valence-corrected chi connectivity index (χ4v) is 3.62. The number of methoxy groups -OCH3 is 1. The molecule has 2 amide bonds. The molecule has 29 heavy (non-hydrogen) atoms. The van der Waals surface area contributed by atoms with Crippen LogP contribution in [0.4, 0.5) is 4.79 Å². The molecule has 1 saturated carbocycles. The van der Waals surface area contributed by atoms with E-state index in [1.54, 1.807) is 12.0 Å². The van der Waals surface area contributed by atoms with Crippen molar-refractivity contribution in [2.24, 2.45) is 5.92 Å². The summed E-state index contributed by atoms with van der Waals surface area (Å²) in [5, 5.41) is 3.08. The summed E-state index contributed by atoms with van der Waals surface area (Å²) >= 11 is 0. The highest BCUT2D eigenvalue weighted by atomic mass is 16.6. The van der Waals surface area contributed by atoms with Crippen LogP contribution in [0, 0.1) is 12.8 Å². The van der Waals surface area contributed by atoms with Gasteiger partial charge >= 0.3 is 6.09 Å². The predicted octanol–water partition coefficient (Wildman–Crippen LogP) is 3.29. The number of ether oxygens (including phenoxy) is 3. The molecule has 2 fully saturated rings. The van der Waals surface area contributed by atoms with E-state index in [2.05, 4.69) is 5.32 Å². The number of aryl methyl sites for hydroxylation is 1. The Labute approximate surface area is 172 Å². The standard InChI is InChI=1S/C22H32N2O5/c1-14-6-7-18(27-5)19(10-14)28-17-11-15(12-17)20(25)23-16-8-9-24(13-16)21(26)29-22(2,3)4/h6-7,10,15-17H,8-9,11-13H2,1-5H3,(H,23,25). The van der Waals surface area contributed by atoms with E-state index in [4.69, 9.17) is 14.2 Å². The molecule has 1 atom stereocenters. The first-order chi connectivity index (χ1) is 13.6. The van der Waals surface area contributed by atoms with E-state index in [0.29, 0.717) is 31.7 Å². The molecule has 0 aromatic heterocycles. The fraction of sp³-hybridized carbons (Fsp3) is 0.636. The highest BCUT2D eigenvalue weighted by Gasteiger charge is 2.38. The number of hydrogen-bond acceptors (Lipinski definition) is 5. The van der Waals surface area contributed by atoms with Gasteiger partial charge in [0.05, 0.1) is 7.11 Å². The third kappa shape index (κ3) is 5.55. The normalized spacial score (nSPS) is 23.9. The number of benzene rings is 1. The summed E-state index contributed by atoms with van der Waals surface area (Å²) in [4.78, 5) is 26.3. The molecule has 7 heteroatoms. The molecule has 1 N–H and O–H groups in total. The van der Waals surface area contributed by atoms with Gasteiger partial charge in [-0.25, -0.2) is 4.79 Å². The molecule has 0 spiro atoms. The Hall–Kier alpha value is -2.44. The van der Waals surface area contributed by atoms with Crippen LogP contribution in [0.3, 0.4) is 0 Å². The van der Waals surface area contributed by atoms with Gasteiger partial charge in [-0.15, -0.1) is 0 Å². The van der Waals surface area contributed by atoms with E-state index in [9.17, 15) is 9.59 Å². The van der Waals surface area contributed by atoms with Crippen molar-refractivity contribution < 1.29 is 23.8 Å². The summed E-state index contributed by atoms with van der Waals surface area (Å²) in [7, 11) is 1.62. The van der Waals surface area contributed by atoms with Gasteiger partial charge in [-0.3, -0.25) is 4.79 Å². The van der Waals surface area contributed by atoms with E-state index in [1.165, 1.54) is 0 Å². The Balaban J connectivity index is 1.42. The Kier molecular flexibility index (Phi) is 6.24. The number of nitrogens with zero attached hydrogens (tertiary/aromatic N) is 1. The zero-order valence-electron chi connectivity index (χ0n) is 18.0. The molecular weight excluding hydrogens is 372 g/mol. The van der Waals surface area contributed by atoms with Gasteiger partial charge < -0.3 is 24.4 Å². The van der Waals surface area contributed by atoms with Gasteiger partial charge in [0.2, 0.25) is 5.91 Å². The first-order valence-electron chi connectivity index (χ1n) is 10.2. The molecule has 7 nitrogen and oxygen atoms in total. The molecule has 3 rings (SSSR count). The molecule has 1 aliphatic carbocycles. The van der Waals surface area contributed by atoms with Crippen molar-refractivity contribution >= 4 is 12.0 Å². The van der Waals surface area contributed by atoms with Crippen LogP contribution in [-0.4, -0.2) is 54.8 Å². The number of likely N-dealkylation sites (tertiary alicyclic amines) is 1. The maximum Gasteiger partial charge on any atom is 0.410 e. The molecule has 1 heterocycles. The maximum atomic E-state index is 12.5. The summed E-state index contributed by atoms with van der Waals surface area (Å²) < 4.78 is 16.8. The number of amides is 2. The van der Waals surface area contributed by atoms with Gasteiger partial charge in [0.25, 0.3) is 0 Å². The lowest BCUT2D eigenvalue weighted by atomic mass is 9.81. The molecule has 0 radical (unpaired) electrons. The zero-order valence-corrected chi connectivity index (χ0v) is 18.0. The van der Waals surface area contributed by atoms with Gasteiger partial charge in [0.1, 0.15) is 11.7 Å². The van der Waals surface area contributed by atoms with E-state index in [1.807, 2.05) is 45.9 Å². The summed E-state index contributed by atoms with van der Waals surface area (Å²) in [5.74, 6) is 1.42. The highest BCUT2D eigenvalue weighted by molar-refractivity contribution is 5.80. The Morgan fingerprint density at radius 2 is 1.90 bits per heavy atom. The second kappa shape index (κ2) is 8.51. The summed E-state index contributed by atoms with van der Waals surface area (Å²) in [5.41, 5.74) is 0.587. The minimum atomic E-state index is -0.515. The number of carbonyl (C=O) groups is 2. The van der Waals surface area contributed by atoms with E-state index < -0.39 is 5.60 Å². The van der Waals surface area contributed by atoms with Crippen LogP contribution in [0.2, 0.25) is 0 Å². The van der Waals surface area contributed by atoms with Gasteiger partial charge in [-0.1, -0.05) is 6.07 Å². The topological polar surface area (TPSA) is 77.1 Å². The summed E-state index contributed by atoms with van der Waals surface area (Å²) in [6, 6.07) is 5.80. The van der Waals surface area contributed by atoms with Crippen molar-refractivity contribution in [1.29, 1.82) is 0 Å². The van der Waals surface area contributed by atoms with Crippen molar-refractivity contribution in [2.75, 3.05) is 20.2 Å². The summed E-state index contributed by atoms with van der Waals surface area (Å²) in [6.45, 7) is 8.65. The van der Waals surface area contributed by atoms with Crippen LogP contribution < -0.4 is 14.8 Å². The van der Waals surface area contributed by atoms with Crippen LogP contribution in [0.15, 0.2) is 18.2 Å². The quantitative estimate of drug-likeness (QED) is 0.815. The minimum absolute atomic E-state index is 0.0169. The zero-order chi connectivity index (χ0) is 21.2. The van der Waals surface area contributed by atoms with Crippen LogP contribution in [0.5, 0.6) is 11.5 Å². The van der Waals surface area contributed by atoms with Crippen molar-refractivity contribution in [2.45, 2.75) is 64.7 Å². The second-order valence-corrected chi connectivity index (χ2v) is 8.98. The Bertz CT molecular complexity index is 752. The average molecular weight is 405 g/mol. The van der Waals surface area contributed by atoms with Crippen molar-refractivity contribution in [3.8, 4) is 11.5 Å². The lowest BCUT2D eigenvalue weighted by molar-refractivity contribution is -0.131. The lowest BCUT2D eigenvalue weighted by Crippen LogP contribution is -2.47. The Morgan fingerprint density at radius 3 is 2.55 bits per heavy atom. The fourth-order valence-electron chi connectivity index (χ4n) is 3.62. The molecule has 1 aromatic rings. The van der Waals surface area contributed by atoms with Gasteiger partial charge in [0.15, 0.2) is 11.5 Å². The van der Waals surface area contributed by atoms with Crippen LogP contribution >= 0.6 is 0 Å². The first kappa shape index (κ1) is 21.3. The largest absolute Gasteiger partial charge is 0.493 e. The number of nitrogens with one attached hydrogen (secondary N) is 1. The predicted molar refractivity (Wildman–Crippen MR) is 109 cm³/mol. The monoisotopic (exact) mass is 404 g/mol. The number of rotatable bonds is 5. The molecule has 0 bridgehead atoms. The van der Waals surface area contributed by atoms with Crippen LogP contribution in [-0.2, 0) is 9.53 Å². The Morgan fingerprint density at radius 1 is 1.17 bits per heavy atom. The molecule has 1 unspecified atom stereocenters. The second-order valence-electron chi connectivity index (χ2n) is 8.98. The minimum Gasteiger partial charge on any atom is -0.493 e.